The number of thioether (sulfide) groups is 2. The van der Waals surface area contributed by atoms with Gasteiger partial charge in [0.1, 0.15) is 16.9 Å². The van der Waals surface area contributed by atoms with E-state index in [1.165, 1.54) is 16.7 Å². The van der Waals surface area contributed by atoms with Crippen molar-refractivity contribution in [3.05, 3.63) is 52.6 Å². The van der Waals surface area contributed by atoms with Gasteiger partial charge in [0.05, 0.1) is 18.8 Å². The summed E-state index contributed by atoms with van der Waals surface area (Å²) in [5.74, 6) is 2.80. The summed E-state index contributed by atoms with van der Waals surface area (Å²) in [7, 11) is 0. The lowest BCUT2D eigenvalue weighted by Gasteiger charge is -2.36. The Morgan fingerprint density at radius 1 is 1.21 bits per heavy atom. The van der Waals surface area contributed by atoms with E-state index in [1.54, 1.807) is 11.8 Å². The lowest BCUT2D eigenvalue weighted by molar-refractivity contribution is 0.122. The maximum atomic E-state index is 10.00. The third-order valence-corrected chi connectivity index (χ3v) is 7.61. The van der Waals surface area contributed by atoms with Crippen LogP contribution in [0, 0.1) is 11.3 Å². The zero-order valence-electron chi connectivity index (χ0n) is 16.4. The molecule has 0 bridgehead atoms. The lowest BCUT2D eigenvalue weighted by atomic mass is 9.94. The van der Waals surface area contributed by atoms with E-state index in [2.05, 4.69) is 49.1 Å². The molecule has 0 aliphatic carbocycles. The van der Waals surface area contributed by atoms with E-state index in [4.69, 9.17) is 9.72 Å². The number of fused-ring (bicyclic) bond motifs is 1. The van der Waals surface area contributed by atoms with Crippen molar-refractivity contribution < 1.29 is 4.74 Å². The van der Waals surface area contributed by atoms with Gasteiger partial charge in [-0.15, -0.1) is 11.8 Å². The smallest absolute Gasteiger partial charge is 0.134 e. The number of pyridine rings is 1. The highest BCUT2D eigenvalue weighted by Crippen LogP contribution is 2.44. The van der Waals surface area contributed by atoms with Crippen LogP contribution in [-0.4, -0.2) is 36.0 Å². The molecule has 4 nitrogen and oxygen atoms in total. The molecular formula is C22H25N3OS2. The van der Waals surface area contributed by atoms with Crippen molar-refractivity contribution in [3.63, 3.8) is 0 Å². The maximum absolute atomic E-state index is 10.00. The van der Waals surface area contributed by atoms with Gasteiger partial charge < -0.3 is 9.64 Å². The highest BCUT2D eigenvalue weighted by molar-refractivity contribution is 8.00. The predicted molar refractivity (Wildman–Crippen MR) is 117 cm³/mol. The molecule has 0 amide bonds. The van der Waals surface area contributed by atoms with Gasteiger partial charge in [-0.3, -0.25) is 0 Å². The molecule has 0 radical (unpaired) electrons. The summed E-state index contributed by atoms with van der Waals surface area (Å²) < 4.78 is 5.69. The van der Waals surface area contributed by atoms with Gasteiger partial charge in [0.15, 0.2) is 0 Å². The first kappa shape index (κ1) is 19.6. The number of nitriles is 1. The van der Waals surface area contributed by atoms with Gasteiger partial charge in [-0.1, -0.05) is 44.2 Å². The van der Waals surface area contributed by atoms with Crippen LogP contribution in [0.3, 0.4) is 0 Å². The number of morpholine rings is 1. The summed E-state index contributed by atoms with van der Waals surface area (Å²) >= 11 is 3.64. The number of anilines is 1. The average molecular weight is 412 g/mol. The quantitative estimate of drug-likeness (QED) is 0.683. The minimum Gasteiger partial charge on any atom is -0.378 e. The zero-order valence-corrected chi connectivity index (χ0v) is 18.0. The summed E-state index contributed by atoms with van der Waals surface area (Å²) in [6, 6.07) is 12.9. The summed E-state index contributed by atoms with van der Waals surface area (Å²) in [6.07, 6.45) is 0.911. The van der Waals surface area contributed by atoms with Crippen LogP contribution in [0.4, 0.5) is 5.82 Å². The van der Waals surface area contributed by atoms with Crippen LogP contribution in [-0.2, 0) is 22.7 Å². The standard InChI is InChI=1S/C22H25N3OS2/c1-22(2)12-17-18(13-23)21(27-14-16-6-4-3-5-7-16)24-20(19(17)15-28-22)25-8-10-26-11-9-25/h3-7H,8-12,14-15H2,1-2H3. The Morgan fingerprint density at radius 2 is 1.96 bits per heavy atom. The molecule has 0 spiro atoms. The molecule has 6 heteroatoms. The van der Waals surface area contributed by atoms with E-state index in [0.717, 1.165) is 60.6 Å². The molecule has 2 aliphatic rings. The maximum Gasteiger partial charge on any atom is 0.134 e. The summed E-state index contributed by atoms with van der Waals surface area (Å²) in [4.78, 5) is 7.38. The van der Waals surface area contributed by atoms with Crippen molar-refractivity contribution in [2.24, 2.45) is 0 Å². The number of rotatable bonds is 4. The van der Waals surface area contributed by atoms with Gasteiger partial charge in [0.2, 0.25) is 0 Å². The first-order chi connectivity index (χ1) is 13.6. The number of hydrogen-bond acceptors (Lipinski definition) is 6. The van der Waals surface area contributed by atoms with Crippen LogP contribution in [0.5, 0.6) is 0 Å². The largest absolute Gasteiger partial charge is 0.378 e. The highest BCUT2D eigenvalue weighted by Gasteiger charge is 2.33. The van der Waals surface area contributed by atoms with E-state index in [-0.39, 0.29) is 4.75 Å². The van der Waals surface area contributed by atoms with Crippen LogP contribution in [0.1, 0.15) is 36.1 Å². The molecule has 0 N–H and O–H groups in total. The lowest BCUT2D eigenvalue weighted by Crippen LogP contribution is -2.38. The van der Waals surface area contributed by atoms with Crippen LogP contribution < -0.4 is 4.90 Å². The second kappa shape index (κ2) is 8.36. The molecule has 146 valence electrons. The third-order valence-electron chi connectivity index (χ3n) is 5.21. The Kier molecular flexibility index (Phi) is 5.86. The van der Waals surface area contributed by atoms with Gasteiger partial charge in [0.25, 0.3) is 0 Å². The number of nitrogens with zero attached hydrogens (tertiary/aromatic N) is 3. The van der Waals surface area contributed by atoms with Crippen molar-refractivity contribution >= 4 is 29.3 Å². The third kappa shape index (κ3) is 4.17. The van der Waals surface area contributed by atoms with E-state index >= 15 is 0 Å². The highest BCUT2D eigenvalue weighted by atomic mass is 32.2. The number of benzene rings is 1. The number of ether oxygens (including phenoxy) is 1. The van der Waals surface area contributed by atoms with Gasteiger partial charge in [0, 0.05) is 34.9 Å². The molecule has 4 rings (SSSR count). The second-order valence-electron chi connectivity index (χ2n) is 7.78. The fraction of sp³-hybridized carbons (Fsp3) is 0.455. The van der Waals surface area contributed by atoms with E-state index in [1.807, 2.05) is 17.8 Å². The van der Waals surface area contributed by atoms with Gasteiger partial charge in [-0.25, -0.2) is 4.98 Å². The van der Waals surface area contributed by atoms with E-state index in [0.29, 0.717) is 0 Å². The minimum atomic E-state index is 0.142. The molecule has 0 atom stereocenters. The monoisotopic (exact) mass is 411 g/mol. The molecule has 2 aliphatic heterocycles. The van der Waals surface area contributed by atoms with Crippen LogP contribution >= 0.6 is 23.5 Å². The Bertz CT molecular complexity index is 887. The van der Waals surface area contributed by atoms with Crippen LogP contribution in [0.15, 0.2) is 35.4 Å². The number of hydrogen-bond donors (Lipinski definition) is 0. The molecule has 2 aromatic rings. The van der Waals surface area contributed by atoms with E-state index in [9.17, 15) is 5.26 Å². The van der Waals surface area contributed by atoms with Crippen molar-refractivity contribution in [1.82, 2.24) is 4.98 Å². The zero-order chi connectivity index (χ0) is 19.6. The first-order valence-electron chi connectivity index (χ1n) is 9.66. The van der Waals surface area contributed by atoms with Crippen LogP contribution in [0.2, 0.25) is 0 Å². The first-order valence-corrected chi connectivity index (χ1v) is 11.6. The summed E-state index contributed by atoms with van der Waals surface area (Å²) in [5.41, 5.74) is 4.49. The minimum absolute atomic E-state index is 0.142. The van der Waals surface area contributed by atoms with Crippen molar-refractivity contribution in [2.45, 2.75) is 41.5 Å². The van der Waals surface area contributed by atoms with Gasteiger partial charge >= 0.3 is 0 Å². The molecule has 0 unspecified atom stereocenters. The fourth-order valence-corrected chi connectivity index (χ4v) is 5.75. The Morgan fingerprint density at radius 3 is 2.68 bits per heavy atom. The number of aromatic nitrogens is 1. The molecule has 3 heterocycles. The van der Waals surface area contributed by atoms with Crippen LogP contribution in [0.25, 0.3) is 0 Å². The molecule has 1 fully saturated rings. The summed E-state index contributed by atoms with van der Waals surface area (Å²) in [6.45, 7) is 7.74. The van der Waals surface area contributed by atoms with Gasteiger partial charge in [-0.2, -0.15) is 17.0 Å². The van der Waals surface area contributed by atoms with Crippen molar-refractivity contribution in [1.29, 1.82) is 5.26 Å². The molecule has 1 saturated heterocycles. The fourth-order valence-electron chi connectivity index (χ4n) is 3.71. The Balaban J connectivity index is 1.75. The van der Waals surface area contributed by atoms with Crippen molar-refractivity contribution in [3.8, 4) is 6.07 Å². The topological polar surface area (TPSA) is 49.2 Å². The SMILES string of the molecule is CC1(C)Cc2c(C#N)c(SCc3ccccc3)nc(N3CCOCC3)c2CS1. The Hall–Kier alpha value is -1.68. The Labute approximate surface area is 175 Å². The normalized spacial score (nSPS) is 18.4. The summed E-state index contributed by atoms with van der Waals surface area (Å²) in [5, 5.41) is 10.9. The average Bonchev–Trinajstić information content (AvgIpc) is 2.72. The second-order valence-corrected chi connectivity index (χ2v) is 10.4. The van der Waals surface area contributed by atoms with Crippen molar-refractivity contribution in [2.75, 3.05) is 31.2 Å². The molecule has 0 saturated carbocycles. The molecular weight excluding hydrogens is 386 g/mol. The molecule has 1 aromatic carbocycles. The van der Waals surface area contributed by atoms with E-state index < -0.39 is 0 Å². The molecule has 1 aromatic heterocycles. The predicted octanol–water partition coefficient (Wildman–Crippen LogP) is 4.65. The molecule has 28 heavy (non-hydrogen) atoms. The van der Waals surface area contributed by atoms with Gasteiger partial charge in [-0.05, 0) is 17.5 Å².